The van der Waals surface area contributed by atoms with Crippen LogP contribution in [0.3, 0.4) is 0 Å². The lowest BCUT2D eigenvalue weighted by Crippen LogP contribution is -2.37. The number of fused-ring (bicyclic) bond motifs is 1. The van der Waals surface area contributed by atoms with Gasteiger partial charge in [-0.3, -0.25) is 14.6 Å². The summed E-state index contributed by atoms with van der Waals surface area (Å²) in [5.74, 6) is 5.57. The van der Waals surface area contributed by atoms with Gasteiger partial charge in [0.1, 0.15) is 11.4 Å². The predicted molar refractivity (Wildman–Crippen MR) is 139 cm³/mol. The third-order valence-corrected chi connectivity index (χ3v) is 6.48. The second kappa shape index (κ2) is 10.4. The highest BCUT2D eigenvalue weighted by atomic mass is 35.5. The molecule has 0 saturated carbocycles. The van der Waals surface area contributed by atoms with Crippen LogP contribution in [0.1, 0.15) is 39.6 Å². The molecule has 1 aliphatic rings. The molecule has 9 nitrogen and oxygen atoms in total. The molecule has 186 valence electrons. The Morgan fingerprint density at radius 3 is 2.81 bits per heavy atom. The number of benzene rings is 1. The van der Waals surface area contributed by atoms with Crippen LogP contribution in [-0.4, -0.2) is 64.8 Å². The fourth-order valence-corrected chi connectivity index (χ4v) is 4.77. The summed E-state index contributed by atoms with van der Waals surface area (Å²) in [6.45, 7) is 6.30. The Kier molecular flexibility index (Phi) is 7.29. The maximum absolute atomic E-state index is 12.4. The van der Waals surface area contributed by atoms with Crippen molar-refractivity contribution in [1.29, 1.82) is 0 Å². The lowest BCUT2D eigenvalue weighted by Gasteiger charge is -2.22. The number of primary amides is 1. The lowest BCUT2D eigenvalue weighted by atomic mass is 10.1. The third kappa shape index (κ3) is 4.78. The minimum Gasteiger partial charge on any atom is -0.383 e. The Bertz CT molecular complexity index is 1420. The number of methoxy groups -OCH3 is 1. The van der Waals surface area contributed by atoms with Crippen LogP contribution in [0.2, 0.25) is 5.02 Å². The Morgan fingerprint density at radius 1 is 1.36 bits per heavy atom. The zero-order valence-corrected chi connectivity index (χ0v) is 21.1. The van der Waals surface area contributed by atoms with Gasteiger partial charge in [0.05, 0.1) is 29.2 Å². The molecule has 36 heavy (non-hydrogen) atoms. The Balaban J connectivity index is 1.75. The number of rotatable bonds is 6. The van der Waals surface area contributed by atoms with Crippen molar-refractivity contribution in [2.24, 2.45) is 5.73 Å². The molecule has 1 aliphatic heterocycles. The van der Waals surface area contributed by atoms with Crippen LogP contribution in [0.25, 0.3) is 10.9 Å². The van der Waals surface area contributed by atoms with Crippen LogP contribution in [0.15, 0.2) is 37.1 Å². The third-order valence-electron chi connectivity index (χ3n) is 6.17. The van der Waals surface area contributed by atoms with Crippen LogP contribution in [-0.2, 0) is 9.53 Å². The van der Waals surface area contributed by atoms with E-state index in [9.17, 15) is 9.59 Å². The van der Waals surface area contributed by atoms with E-state index in [-0.39, 0.29) is 29.2 Å². The molecule has 0 unspecified atom stereocenters. The summed E-state index contributed by atoms with van der Waals surface area (Å²) >= 11 is 6.48. The summed E-state index contributed by atoms with van der Waals surface area (Å²) < 4.78 is 6.98. The standard InChI is InChI=1S/C26H27ClN6O3/c1-5-23(34)32-13-18(11-19(32)14-36-4)33-26(29-3)24(25(28)35)21(31-33)7-6-16-10-22-17(9-20(16)27)8-15(2)12-30-22/h5,8-10,12,18-19,29H,1,11,13-14H2,2-4H3,(H2,28,35)/t18-,19+/m0/s1. The molecule has 1 fully saturated rings. The normalized spacial score (nSPS) is 17.1. The van der Waals surface area contributed by atoms with Gasteiger partial charge in [-0.1, -0.05) is 24.1 Å². The van der Waals surface area contributed by atoms with E-state index in [2.05, 4.69) is 33.8 Å². The van der Waals surface area contributed by atoms with Gasteiger partial charge in [0.15, 0.2) is 5.69 Å². The fourth-order valence-electron chi connectivity index (χ4n) is 4.55. The lowest BCUT2D eigenvalue weighted by molar-refractivity contribution is -0.127. The Labute approximate surface area is 214 Å². The van der Waals surface area contributed by atoms with Gasteiger partial charge in [-0.25, -0.2) is 4.68 Å². The van der Waals surface area contributed by atoms with Gasteiger partial charge in [-0.15, -0.1) is 0 Å². The van der Waals surface area contributed by atoms with Gasteiger partial charge in [-0.05, 0) is 49.1 Å². The predicted octanol–water partition coefficient (Wildman–Crippen LogP) is 2.91. The number of pyridine rings is 1. The molecule has 0 bridgehead atoms. The first kappa shape index (κ1) is 25.2. The van der Waals surface area contributed by atoms with Crippen molar-refractivity contribution in [1.82, 2.24) is 19.7 Å². The first-order valence-electron chi connectivity index (χ1n) is 11.4. The average Bonchev–Trinajstić information content (AvgIpc) is 3.43. The minimum atomic E-state index is -0.665. The van der Waals surface area contributed by atoms with Crippen LogP contribution in [0.5, 0.6) is 0 Å². The van der Waals surface area contributed by atoms with E-state index < -0.39 is 5.91 Å². The van der Waals surface area contributed by atoms with Crippen molar-refractivity contribution in [3.63, 3.8) is 0 Å². The zero-order valence-electron chi connectivity index (χ0n) is 20.3. The topological polar surface area (TPSA) is 115 Å². The number of nitrogens with two attached hydrogens (primary N) is 1. The summed E-state index contributed by atoms with van der Waals surface area (Å²) in [5.41, 5.74) is 8.46. The molecule has 2 atom stereocenters. The van der Waals surface area contributed by atoms with Crippen LogP contribution in [0.4, 0.5) is 5.82 Å². The number of hydrogen-bond acceptors (Lipinski definition) is 6. The number of halogens is 1. The molecular weight excluding hydrogens is 480 g/mol. The SMILES string of the molecule is C=CC(=O)N1C[C@@H](n2nc(C#Cc3cc4ncc(C)cc4cc3Cl)c(C(N)=O)c2NC)C[C@@H]1COC. The molecule has 0 spiro atoms. The number of nitrogens with zero attached hydrogens (tertiary/aromatic N) is 4. The van der Waals surface area contributed by atoms with E-state index in [0.717, 1.165) is 16.5 Å². The molecule has 3 N–H and O–H groups in total. The molecule has 2 aromatic heterocycles. The molecule has 0 radical (unpaired) electrons. The average molecular weight is 507 g/mol. The van der Waals surface area contributed by atoms with E-state index in [4.69, 9.17) is 22.1 Å². The van der Waals surface area contributed by atoms with Crippen molar-refractivity contribution in [3.05, 3.63) is 64.5 Å². The molecule has 1 saturated heterocycles. The highest BCUT2D eigenvalue weighted by Crippen LogP contribution is 2.32. The van der Waals surface area contributed by atoms with E-state index in [1.165, 1.54) is 6.08 Å². The monoisotopic (exact) mass is 506 g/mol. The number of anilines is 1. The van der Waals surface area contributed by atoms with E-state index in [1.807, 2.05) is 19.1 Å². The maximum Gasteiger partial charge on any atom is 0.255 e. The number of carbonyl (C=O) groups excluding carboxylic acids is 2. The van der Waals surface area contributed by atoms with Crippen molar-refractivity contribution in [3.8, 4) is 11.8 Å². The summed E-state index contributed by atoms with van der Waals surface area (Å²) in [4.78, 5) is 31.0. The Morgan fingerprint density at radius 2 is 2.14 bits per heavy atom. The van der Waals surface area contributed by atoms with E-state index in [0.29, 0.717) is 36.0 Å². The van der Waals surface area contributed by atoms with Crippen molar-refractivity contribution in [2.75, 3.05) is 32.6 Å². The smallest absolute Gasteiger partial charge is 0.255 e. The quantitative estimate of drug-likeness (QED) is 0.392. The van der Waals surface area contributed by atoms with Crippen LogP contribution in [0, 0.1) is 18.8 Å². The van der Waals surface area contributed by atoms with Crippen molar-refractivity contribution < 1.29 is 14.3 Å². The Hall–Kier alpha value is -3.87. The number of likely N-dealkylation sites (tertiary alicyclic amines) is 1. The largest absolute Gasteiger partial charge is 0.383 e. The first-order valence-corrected chi connectivity index (χ1v) is 11.7. The number of hydrogen-bond donors (Lipinski definition) is 2. The number of aryl methyl sites for hydroxylation is 1. The van der Waals surface area contributed by atoms with Gasteiger partial charge in [0.2, 0.25) is 5.91 Å². The minimum absolute atomic E-state index is 0.154. The van der Waals surface area contributed by atoms with Gasteiger partial charge in [0.25, 0.3) is 5.91 Å². The molecule has 3 aromatic rings. The second-order valence-corrected chi connectivity index (χ2v) is 9.02. The molecule has 0 aliphatic carbocycles. The molecular formula is C26H27ClN6O3. The zero-order chi connectivity index (χ0) is 26.0. The van der Waals surface area contributed by atoms with Gasteiger partial charge in [-0.2, -0.15) is 5.10 Å². The van der Waals surface area contributed by atoms with Crippen molar-refractivity contribution >= 4 is 40.1 Å². The molecule has 2 amide bonds. The van der Waals surface area contributed by atoms with Crippen LogP contribution < -0.4 is 11.1 Å². The van der Waals surface area contributed by atoms with E-state index >= 15 is 0 Å². The fraction of sp³-hybridized carbons (Fsp3) is 0.308. The highest BCUT2D eigenvalue weighted by molar-refractivity contribution is 6.32. The summed E-state index contributed by atoms with van der Waals surface area (Å²) in [6, 6.07) is 5.24. The number of amides is 2. The van der Waals surface area contributed by atoms with Gasteiger partial charge in [0, 0.05) is 37.8 Å². The van der Waals surface area contributed by atoms with Crippen LogP contribution >= 0.6 is 11.6 Å². The summed E-state index contributed by atoms with van der Waals surface area (Å²) in [7, 11) is 3.27. The summed E-state index contributed by atoms with van der Waals surface area (Å²) in [5, 5.41) is 9.04. The van der Waals surface area contributed by atoms with Gasteiger partial charge < -0.3 is 20.7 Å². The first-order chi connectivity index (χ1) is 17.3. The number of nitrogens with one attached hydrogen (secondary N) is 1. The van der Waals surface area contributed by atoms with E-state index in [1.54, 1.807) is 36.0 Å². The number of carbonyl (C=O) groups is 2. The maximum atomic E-state index is 12.4. The number of ether oxygens (including phenoxy) is 1. The molecule has 1 aromatic carbocycles. The van der Waals surface area contributed by atoms with Crippen molar-refractivity contribution in [2.45, 2.75) is 25.4 Å². The number of aromatic nitrogens is 3. The molecule has 3 heterocycles. The second-order valence-electron chi connectivity index (χ2n) is 8.61. The highest BCUT2D eigenvalue weighted by Gasteiger charge is 2.37. The molecule has 10 heteroatoms. The van der Waals surface area contributed by atoms with Gasteiger partial charge >= 0.3 is 0 Å². The molecule has 4 rings (SSSR count). The summed E-state index contributed by atoms with van der Waals surface area (Å²) in [6.07, 6.45) is 3.64.